The number of nitrogens with zero attached hydrogens (tertiary/aromatic N) is 2. The summed E-state index contributed by atoms with van der Waals surface area (Å²) in [4.78, 5) is 9.63. The van der Waals surface area contributed by atoms with E-state index < -0.39 is 0 Å². The van der Waals surface area contributed by atoms with Crippen molar-refractivity contribution in [3.63, 3.8) is 0 Å². The fourth-order valence-electron chi connectivity index (χ4n) is 5.46. The summed E-state index contributed by atoms with van der Waals surface area (Å²) in [5, 5.41) is 2.90. The topological polar surface area (TPSA) is 25.8 Å². The number of aromatic nitrogens is 2. The molecule has 0 saturated heterocycles. The van der Waals surface area contributed by atoms with Crippen LogP contribution in [-0.2, 0) is 0 Å². The Labute approximate surface area is 232 Å². The number of para-hydroxylation sites is 2. The summed E-state index contributed by atoms with van der Waals surface area (Å²) in [5.41, 5.74) is 10.7. The van der Waals surface area contributed by atoms with Gasteiger partial charge in [0.25, 0.3) is 0 Å². The highest BCUT2D eigenvalue weighted by Gasteiger charge is 2.14. The minimum Gasteiger partial charge on any atom is -0.256 e. The van der Waals surface area contributed by atoms with Gasteiger partial charge in [-0.25, -0.2) is 0 Å². The lowest BCUT2D eigenvalue weighted by atomic mass is 9.93. The number of benzene rings is 5. The zero-order valence-corrected chi connectivity index (χ0v) is 21.8. The molecule has 2 aromatic heterocycles. The summed E-state index contributed by atoms with van der Waals surface area (Å²) in [6.07, 6.45) is 3.78. The maximum Gasteiger partial charge on any atom is 0.0786 e. The molecule has 7 rings (SSSR count). The standard InChI is InChI=1S/C36H23ClN2/c37-28-22-26(31-13-7-15-33-29(17-19-38-35(31)33)24-9-3-1-4-10-24)21-27(23-28)32-14-8-16-34-30(18-20-39-36(32)34)25-11-5-2-6-12-25/h1-23H. The first-order valence-electron chi connectivity index (χ1n) is 12.9. The van der Waals surface area contributed by atoms with Crippen LogP contribution in [0.2, 0.25) is 5.02 Å². The van der Waals surface area contributed by atoms with Crippen molar-refractivity contribution < 1.29 is 0 Å². The Kier molecular flexibility index (Phi) is 5.88. The molecule has 0 bridgehead atoms. The van der Waals surface area contributed by atoms with Gasteiger partial charge in [0.15, 0.2) is 0 Å². The van der Waals surface area contributed by atoms with Gasteiger partial charge >= 0.3 is 0 Å². The maximum atomic E-state index is 6.77. The van der Waals surface area contributed by atoms with Crippen LogP contribution in [0, 0.1) is 0 Å². The van der Waals surface area contributed by atoms with Crippen LogP contribution in [0.25, 0.3) is 66.3 Å². The van der Waals surface area contributed by atoms with Crippen LogP contribution in [-0.4, -0.2) is 9.97 Å². The average molecular weight is 519 g/mol. The summed E-state index contributed by atoms with van der Waals surface area (Å²) in [6, 6.07) is 44.0. The van der Waals surface area contributed by atoms with Gasteiger partial charge in [-0.3, -0.25) is 9.97 Å². The zero-order valence-electron chi connectivity index (χ0n) is 21.1. The molecule has 0 fully saturated rings. The zero-order chi connectivity index (χ0) is 26.2. The Bertz CT molecular complexity index is 1820. The highest BCUT2D eigenvalue weighted by Crippen LogP contribution is 2.39. The Hall–Kier alpha value is -4.79. The first kappa shape index (κ1) is 23.3. The monoisotopic (exact) mass is 518 g/mol. The van der Waals surface area contributed by atoms with Crippen LogP contribution in [0.4, 0.5) is 0 Å². The molecule has 0 aliphatic rings. The van der Waals surface area contributed by atoms with E-state index in [0.717, 1.165) is 55.2 Å². The summed E-state index contributed by atoms with van der Waals surface area (Å²) in [5.74, 6) is 0. The Morgan fingerprint density at radius 1 is 0.385 bits per heavy atom. The molecule has 0 amide bonds. The number of hydrogen-bond donors (Lipinski definition) is 0. The molecular formula is C36H23ClN2. The van der Waals surface area contributed by atoms with Crippen molar-refractivity contribution in [3.05, 3.63) is 145 Å². The Morgan fingerprint density at radius 2 is 0.846 bits per heavy atom. The molecule has 0 unspecified atom stereocenters. The number of hydrogen-bond acceptors (Lipinski definition) is 2. The molecule has 0 radical (unpaired) electrons. The molecule has 39 heavy (non-hydrogen) atoms. The third-order valence-electron chi connectivity index (χ3n) is 7.23. The van der Waals surface area contributed by atoms with Crippen molar-refractivity contribution >= 4 is 33.4 Å². The van der Waals surface area contributed by atoms with Gasteiger partial charge in [-0.15, -0.1) is 0 Å². The largest absolute Gasteiger partial charge is 0.256 e. The van der Waals surface area contributed by atoms with Gasteiger partial charge in [-0.05, 0) is 63.7 Å². The third kappa shape index (κ3) is 4.25. The van der Waals surface area contributed by atoms with Crippen molar-refractivity contribution in [2.45, 2.75) is 0 Å². The molecule has 184 valence electrons. The van der Waals surface area contributed by atoms with Gasteiger partial charge in [0.1, 0.15) is 0 Å². The summed E-state index contributed by atoms with van der Waals surface area (Å²) in [7, 11) is 0. The lowest BCUT2D eigenvalue weighted by Crippen LogP contribution is -1.91. The molecule has 0 spiro atoms. The van der Waals surface area contributed by atoms with Gasteiger partial charge in [0.05, 0.1) is 11.0 Å². The van der Waals surface area contributed by atoms with E-state index in [1.807, 2.05) is 36.7 Å². The minimum atomic E-state index is 0.676. The second-order valence-electron chi connectivity index (χ2n) is 9.58. The molecular weight excluding hydrogens is 496 g/mol. The van der Waals surface area contributed by atoms with Crippen LogP contribution in [0.1, 0.15) is 0 Å². The van der Waals surface area contributed by atoms with E-state index in [1.54, 1.807) is 0 Å². The van der Waals surface area contributed by atoms with E-state index in [0.29, 0.717) is 5.02 Å². The lowest BCUT2D eigenvalue weighted by Gasteiger charge is -2.14. The molecule has 7 aromatic rings. The molecule has 0 saturated carbocycles. The number of pyridine rings is 2. The average Bonchev–Trinajstić information content (AvgIpc) is 3.00. The van der Waals surface area contributed by atoms with Gasteiger partial charge in [-0.1, -0.05) is 109 Å². The van der Waals surface area contributed by atoms with Crippen molar-refractivity contribution in [3.8, 4) is 44.5 Å². The molecule has 2 nitrogen and oxygen atoms in total. The fraction of sp³-hybridized carbons (Fsp3) is 0. The van der Waals surface area contributed by atoms with E-state index >= 15 is 0 Å². The van der Waals surface area contributed by atoms with E-state index in [2.05, 4.69) is 103 Å². The highest BCUT2D eigenvalue weighted by atomic mass is 35.5. The van der Waals surface area contributed by atoms with Gasteiger partial charge in [-0.2, -0.15) is 0 Å². The van der Waals surface area contributed by atoms with Gasteiger partial charge in [0, 0.05) is 39.3 Å². The van der Waals surface area contributed by atoms with Gasteiger partial charge < -0.3 is 0 Å². The molecule has 0 atom stereocenters. The number of fused-ring (bicyclic) bond motifs is 2. The second kappa shape index (κ2) is 9.83. The maximum absolute atomic E-state index is 6.77. The van der Waals surface area contributed by atoms with Crippen LogP contribution in [0.3, 0.4) is 0 Å². The summed E-state index contributed by atoms with van der Waals surface area (Å²) >= 11 is 6.77. The quantitative estimate of drug-likeness (QED) is 0.231. The molecule has 0 aliphatic heterocycles. The van der Waals surface area contributed by atoms with E-state index in [1.165, 1.54) is 11.1 Å². The van der Waals surface area contributed by atoms with Gasteiger partial charge in [0.2, 0.25) is 0 Å². The first-order valence-corrected chi connectivity index (χ1v) is 13.3. The second-order valence-corrected chi connectivity index (χ2v) is 10.0. The van der Waals surface area contributed by atoms with Crippen molar-refractivity contribution in [2.75, 3.05) is 0 Å². The normalized spacial score (nSPS) is 11.2. The first-order chi connectivity index (χ1) is 19.3. The highest BCUT2D eigenvalue weighted by molar-refractivity contribution is 6.31. The summed E-state index contributed by atoms with van der Waals surface area (Å²) in [6.45, 7) is 0. The summed E-state index contributed by atoms with van der Waals surface area (Å²) < 4.78 is 0. The van der Waals surface area contributed by atoms with Crippen LogP contribution in [0.15, 0.2) is 140 Å². The third-order valence-corrected chi connectivity index (χ3v) is 7.45. The van der Waals surface area contributed by atoms with Crippen molar-refractivity contribution in [2.24, 2.45) is 0 Å². The predicted molar refractivity (Wildman–Crippen MR) is 164 cm³/mol. The van der Waals surface area contributed by atoms with E-state index in [9.17, 15) is 0 Å². The molecule has 5 aromatic carbocycles. The van der Waals surface area contributed by atoms with Crippen molar-refractivity contribution in [1.29, 1.82) is 0 Å². The van der Waals surface area contributed by atoms with Crippen LogP contribution >= 0.6 is 11.6 Å². The SMILES string of the molecule is Clc1cc(-c2cccc3c(-c4ccccc4)ccnc23)cc(-c2cccc3c(-c4ccccc4)ccnc23)c1. The number of halogens is 1. The smallest absolute Gasteiger partial charge is 0.0786 e. The van der Waals surface area contributed by atoms with Crippen LogP contribution < -0.4 is 0 Å². The Morgan fingerprint density at radius 3 is 1.31 bits per heavy atom. The minimum absolute atomic E-state index is 0.676. The molecule has 3 heteroatoms. The lowest BCUT2D eigenvalue weighted by molar-refractivity contribution is 1.40. The van der Waals surface area contributed by atoms with Crippen LogP contribution in [0.5, 0.6) is 0 Å². The molecule has 2 heterocycles. The Balaban J connectivity index is 1.41. The fourth-order valence-corrected chi connectivity index (χ4v) is 5.69. The molecule has 0 N–H and O–H groups in total. The predicted octanol–water partition coefficient (Wildman–Crippen LogP) is 10.1. The van der Waals surface area contributed by atoms with E-state index in [4.69, 9.17) is 21.6 Å². The molecule has 0 aliphatic carbocycles. The van der Waals surface area contributed by atoms with E-state index in [-0.39, 0.29) is 0 Å². The van der Waals surface area contributed by atoms with Crippen molar-refractivity contribution in [1.82, 2.24) is 9.97 Å². The number of rotatable bonds is 4.